The number of amides is 1. The number of nitrogen functional groups attached to an aromatic ring is 1. The summed E-state index contributed by atoms with van der Waals surface area (Å²) in [5.74, 6) is -0.160. The molecule has 0 aliphatic carbocycles. The van der Waals surface area contributed by atoms with Crippen molar-refractivity contribution in [1.29, 1.82) is 0 Å². The fourth-order valence-electron chi connectivity index (χ4n) is 4.35. The molecule has 0 saturated carbocycles. The Kier molecular flexibility index (Phi) is 4.65. The van der Waals surface area contributed by atoms with Crippen LogP contribution in [0.1, 0.15) is 24.5 Å². The summed E-state index contributed by atoms with van der Waals surface area (Å²) in [7, 11) is 0. The molecule has 4 aromatic rings. The molecule has 6 rings (SSSR count). The second-order valence-electron chi connectivity index (χ2n) is 8.19. The number of nitrogens with zero attached hydrogens (tertiary/aromatic N) is 10. The second kappa shape index (κ2) is 7.64. The summed E-state index contributed by atoms with van der Waals surface area (Å²) in [6.07, 6.45) is -1.91. The summed E-state index contributed by atoms with van der Waals surface area (Å²) in [6.45, 7) is 0.787. The lowest BCUT2D eigenvalue weighted by molar-refractivity contribution is -0.145. The maximum Gasteiger partial charge on any atom is 0.453 e. The van der Waals surface area contributed by atoms with Crippen LogP contribution < -0.4 is 10.6 Å². The van der Waals surface area contributed by atoms with E-state index in [2.05, 4.69) is 30.1 Å². The molecule has 4 aromatic heterocycles. The van der Waals surface area contributed by atoms with Gasteiger partial charge in [0.1, 0.15) is 11.9 Å². The highest BCUT2D eigenvalue weighted by atomic mass is 19.4. The van der Waals surface area contributed by atoms with Crippen LogP contribution in [0.2, 0.25) is 0 Å². The zero-order chi connectivity index (χ0) is 24.3. The zero-order valence-electron chi connectivity index (χ0n) is 18.1. The van der Waals surface area contributed by atoms with Crippen molar-refractivity contribution < 1.29 is 22.4 Å². The average molecular weight is 489 g/mol. The van der Waals surface area contributed by atoms with E-state index in [1.807, 2.05) is 0 Å². The second-order valence-corrected chi connectivity index (χ2v) is 8.19. The number of halogens is 3. The van der Waals surface area contributed by atoms with Gasteiger partial charge in [0.2, 0.25) is 23.6 Å². The maximum absolute atomic E-state index is 13.4. The molecule has 35 heavy (non-hydrogen) atoms. The summed E-state index contributed by atoms with van der Waals surface area (Å²) in [5.41, 5.74) is 6.09. The van der Waals surface area contributed by atoms with Crippen LogP contribution in [0.4, 0.5) is 25.1 Å². The highest BCUT2D eigenvalue weighted by molar-refractivity contribution is 5.85. The van der Waals surface area contributed by atoms with E-state index in [1.54, 1.807) is 17.0 Å². The Balaban J connectivity index is 1.25. The molecule has 0 spiro atoms. The monoisotopic (exact) mass is 489 g/mol. The zero-order valence-corrected chi connectivity index (χ0v) is 18.1. The van der Waals surface area contributed by atoms with E-state index >= 15 is 0 Å². The molecule has 2 aliphatic heterocycles. The van der Waals surface area contributed by atoms with Gasteiger partial charge in [-0.25, -0.2) is 9.67 Å². The molecule has 2 N–H and O–H groups in total. The Morgan fingerprint density at radius 2 is 1.97 bits per heavy atom. The largest absolute Gasteiger partial charge is 0.461 e. The lowest BCUT2D eigenvalue weighted by atomic mass is 10.2. The van der Waals surface area contributed by atoms with Crippen LogP contribution >= 0.6 is 0 Å². The van der Waals surface area contributed by atoms with Crippen LogP contribution in [0.3, 0.4) is 0 Å². The number of fused-ring (bicyclic) bond motifs is 2. The Labute approximate surface area is 194 Å². The molecule has 1 atom stereocenters. The van der Waals surface area contributed by atoms with Crippen molar-refractivity contribution in [3.63, 3.8) is 0 Å². The third-order valence-electron chi connectivity index (χ3n) is 5.99. The topological polar surface area (TPSA) is 149 Å². The Hall–Kier alpha value is -4.24. The van der Waals surface area contributed by atoms with Gasteiger partial charge >= 0.3 is 6.18 Å². The predicted molar refractivity (Wildman–Crippen MR) is 112 cm³/mol. The summed E-state index contributed by atoms with van der Waals surface area (Å²) in [4.78, 5) is 33.3. The molecule has 182 valence electrons. The van der Waals surface area contributed by atoms with Crippen LogP contribution in [-0.2, 0) is 24.1 Å². The van der Waals surface area contributed by atoms with Crippen molar-refractivity contribution in [2.75, 3.05) is 23.7 Å². The maximum atomic E-state index is 13.4. The quantitative estimate of drug-likeness (QED) is 0.441. The molecule has 0 radical (unpaired) electrons. The summed E-state index contributed by atoms with van der Waals surface area (Å²) in [5, 5.41) is 7.77. The SMILES string of the molecule is Nc1nc(N2CCC[C@H]2C(=O)N2CCn3nc(C(F)(F)F)nc3C2)nc2nc(-c3ccco3)nn12. The van der Waals surface area contributed by atoms with Crippen molar-refractivity contribution >= 4 is 23.6 Å². The third kappa shape index (κ3) is 3.60. The average Bonchev–Trinajstić information content (AvgIpc) is 3.62. The number of anilines is 2. The Bertz CT molecular complexity index is 1410. The molecule has 13 nitrogen and oxygen atoms in total. The fourth-order valence-corrected chi connectivity index (χ4v) is 4.35. The number of aromatic nitrogens is 8. The van der Waals surface area contributed by atoms with Gasteiger partial charge in [0.15, 0.2) is 5.76 Å². The molecule has 16 heteroatoms. The van der Waals surface area contributed by atoms with Gasteiger partial charge in [-0.1, -0.05) is 0 Å². The molecule has 1 saturated heterocycles. The summed E-state index contributed by atoms with van der Waals surface area (Å²) < 4.78 is 46.7. The van der Waals surface area contributed by atoms with E-state index in [9.17, 15) is 18.0 Å². The number of carbonyl (C=O) groups is 1. The van der Waals surface area contributed by atoms with Crippen LogP contribution in [0.15, 0.2) is 22.8 Å². The minimum atomic E-state index is -4.64. The molecular weight excluding hydrogens is 471 g/mol. The smallest absolute Gasteiger partial charge is 0.453 e. The van der Waals surface area contributed by atoms with Gasteiger partial charge in [0.25, 0.3) is 11.6 Å². The number of carbonyl (C=O) groups excluding carboxylic acids is 1. The normalized spacial score (nSPS) is 18.4. The van der Waals surface area contributed by atoms with E-state index in [4.69, 9.17) is 10.2 Å². The van der Waals surface area contributed by atoms with Crippen LogP contribution in [0.5, 0.6) is 0 Å². The first-order chi connectivity index (χ1) is 16.8. The summed E-state index contributed by atoms with van der Waals surface area (Å²) >= 11 is 0. The van der Waals surface area contributed by atoms with Gasteiger partial charge in [-0.2, -0.15) is 32.6 Å². The first-order valence-electron chi connectivity index (χ1n) is 10.8. The van der Waals surface area contributed by atoms with Gasteiger partial charge in [-0.05, 0) is 25.0 Å². The van der Waals surface area contributed by atoms with Gasteiger partial charge in [-0.15, -0.1) is 10.2 Å². The lowest BCUT2D eigenvalue weighted by Gasteiger charge is -2.32. The minimum absolute atomic E-state index is 0.0409. The third-order valence-corrected chi connectivity index (χ3v) is 5.99. The molecule has 6 heterocycles. The minimum Gasteiger partial charge on any atom is -0.461 e. The van der Waals surface area contributed by atoms with E-state index < -0.39 is 18.0 Å². The Morgan fingerprint density at radius 1 is 1.11 bits per heavy atom. The highest BCUT2D eigenvalue weighted by Gasteiger charge is 2.40. The van der Waals surface area contributed by atoms with Crippen molar-refractivity contribution in [2.45, 2.75) is 38.1 Å². The van der Waals surface area contributed by atoms with E-state index in [1.165, 1.54) is 20.4 Å². The predicted octanol–water partition coefficient (Wildman–Crippen LogP) is 0.983. The first kappa shape index (κ1) is 21.3. The molecule has 0 bridgehead atoms. The van der Waals surface area contributed by atoms with Crippen LogP contribution in [0.25, 0.3) is 17.4 Å². The van der Waals surface area contributed by atoms with E-state index in [0.29, 0.717) is 25.1 Å². The molecule has 1 fully saturated rings. The standard InChI is InChI=1S/C19H18F3N11O2/c20-19(21,22)15-24-12-9-30(6-7-32(12)29-15)14(34)10-3-1-5-31(10)17-26-16(23)33-18(27-17)25-13(28-33)11-4-2-8-35-11/h2,4,8,10H,1,3,5-7,9H2,(H2,23,25,26,27,28)/t10-/m0/s1. The van der Waals surface area contributed by atoms with Crippen LogP contribution in [0, 0.1) is 0 Å². The molecule has 0 aromatic carbocycles. The van der Waals surface area contributed by atoms with Crippen LogP contribution in [-0.4, -0.2) is 69.3 Å². The highest BCUT2D eigenvalue weighted by Crippen LogP contribution is 2.29. The van der Waals surface area contributed by atoms with Crippen molar-refractivity contribution in [3.8, 4) is 11.6 Å². The number of furan rings is 1. The summed E-state index contributed by atoms with van der Waals surface area (Å²) in [6, 6.07) is 2.81. The van der Waals surface area contributed by atoms with Crippen molar-refractivity contribution in [3.05, 3.63) is 30.0 Å². The number of hydrogen-bond donors (Lipinski definition) is 1. The fraction of sp³-hybridized carbons (Fsp3) is 0.421. The Morgan fingerprint density at radius 3 is 2.74 bits per heavy atom. The number of rotatable bonds is 3. The van der Waals surface area contributed by atoms with Crippen molar-refractivity contribution in [2.24, 2.45) is 0 Å². The van der Waals surface area contributed by atoms with Crippen molar-refractivity contribution in [1.82, 2.24) is 44.2 Å². The van der Waals surface area contributed by atoms with E-state index in [-0.39, 0.29) is 54.9 Å². The molecule has 1 amide bonds. The molecular formula is C19H18F3N11O2. The number of nitrogens with two attached hydrogens (primary N) is 1. The number of alkyl halides is 3. The van der Waals surface area contributed by atoms with Gasteiger partial charge in [0, 0.05) is 13.1 Å². The number of hydrogen-bond acceptors (Lipinski definition) is 10. The molecule has 2 aliphatic rings. The van der Waals surface area contributed by atoms with E-state index in [0.717, 1.165) is 0 Å². The lowest BCUT2D eigenvalue weighted by Crippen LogP contribution is -2.49. The van der Waals surface area contributed by atoms with Gasteiger partial charge < -0.3 is 20.0 Å². The van der Waals surface area contributed by atoms with Gasteiger partial charge in [0.05, 0.1) is 19.4 Å². The molecule has 0 unspecified atom stereocenters. The first-order valence-corrected chi connectivity index (χ1v) is 10.8. The van der Waals surface area contributed by atoms with Gasteiger partial charge in [-0.3, -0.25) is 4.79 Å².